The molecule has 0 aliphatic heterocycles. The highest BCUT2D eigenvalue weighted by Gasteiger charge is 2.06. The summed E-state index contributed by atoms with van der Waals surface area (Å²) in [6.45, 7) is 2.02. The minimum Gasteiger partial charge on any atom is -0.352 e. The normalized spacial score (nSPS) is 10.1. The highest BCUT2D eigenvalue weighted by atomic mass is 35.5. The van der Waals surface area contributed by atoms with Crippen LogP contribution in [0.2, 0.25) is 5.02 Å². The van der Waals surface area contributed by atoms with Crippen LogP contribution >= 0.6 is 11.6 Å². The van der Waals surface area contributed by atoms with Crippen LogP contribution in [0.4, 0.5) is 0 Å². The molecule has 0 spiro atoms. The van der Waals surface area contributed by atoms with Crippen LogP contribution in [0.5, 0.6) is 0 Å². The van der Waals surface area contributed by atoms with E-state index in [9.17, 15) is 4.79 Å². The monoisotopic (exact) mass is 259 g/mol. The molecule has 0 radical (unpaired) electrons. The lowest BCUT2D eigenvalue weighted by molar-refractivity contribution is -0.119. The smallest absolute Gasteiger partial charge is 0.217 e. The average molecular weight is 260 g/mol. The zero-order valence-corrected chi connectivity index (χ0v) is 10.9. The van der Waals surface area contributed by atoms with Gasteiger partial charge < -0.3 is 5.32 Å². The van der Waals surface area contributed by atoms with Crippen LogP contribution in [0, 0.1) is 0 Å². The molecule has 2 aromatic rings. The maximum absolute atomic E-state index is 11.0. The molecule has 92 valence electrons. The molecule has 0 saturated heterocycles. The number of benzene rings is 2. The summed E-state index contributed by atoms with van der Waals surface area (Å²) in [5, 5.41) is 3.50. The Labute approximate surface area is 112 Å². The first kappa shape index (κ1) is 12.7. The van der Waals surface area contributed by atoms with E-state index in [1.165, 1.54) is 6.92 Å². The molecule has 0 heterocycles. The molecular weight excluding hydrogens is 246 g/mol. The third-order valence-electron chi connectivity index (χ3n) is 2.68. The van der Waals surface area contributed by atoms with Crippen molar-refractivity contribution in [2.75, 3.05) is 0 Å². The van der Waals surface area contributed by atoms with Gasteiger partial charge in [0.05, 0.1) is 0 Å². The molecule has 1 amide bonds. The fourth-order valence-corrected chi connectivity index (χ4v) is 1.98. The Kier molecular flexibility index (Phi) is 4.00. The lowest BCUT2D eigenvalue weighted by Crippen LogP contribution is -2.19. The second-order valence-corrected chi connectivity index (χ2v) is 4.51. The highest BCUT2D eigenvalue weighted by Crippen LogP contribution is 2.26. The fraction of sp³-hybridized carbons (Fsp3) is 0.133. The summed E-state index contributed by atoms with van der Waals surface area (Å²) in [5.41, 5.74) is 3.21. The Morgan fingerprint density at radius 1 is 1.17 bits per heavy atom. The molecule has 0 saturated carbocycles. The van der Waals surface area contributed by atoms with Gasteiger partial charge in [0.2, 0.25) is 5.91 Å². The molecule has 0 fully saturated rings. The van der Waals surface area contributed by atoms with Crippen molar-refractivity contribution < 1.29 is 4.79 Å². The van der Waals surface area contributed by atoms with Gasteiger partial charge >= 0.3 is 0 Å². The van der Waals surface area contributed by atoms with Crippen molar-refractivity contribution in [3.63, 3.8) is 0 Å². The van der Waals surface area contributed by atoms with Crippen molar-refractivity contribution in [1.29, 1.82) is 0 Å². The molecule has 0 bridgehead atoms. The maximum Gasteiger partial charge on any atom is 0.217 e. The van der Waals surface area contributed by atoms with E-state index in [4.69, 9.17) is 11.6 Å². The van der Waals surface area contributed by atoms with Gasteiger partial charge in [-0.2, -0.15) is 0 Å². The Hall–Kier alpha value is -1.80. The predicted molar refractivity (Wildman–Crippen MR) is 74.4 cm³/mol. The van der Waals surface area contributed by atoms with Gasteiger partial charge in [-0.3, -0.25) is 4.79 Å². The van der Waals surface area contributed by atoms with Crippen LogP contribution in [-0.4, -0.2) is 5.91 Å². The summed E-state index contributed by atoms with van der Waals surface area (Å²) in [6, 6.07) is 15.7. The lowest BCUT2D eigenvalue weighted by atomic mass is 10.00. The number of hydrogen-bond donors (Lipinski definition) is 1. The van der Waals surface area contributed by atoms with Gasteiger partial charge in [0.25, 0.3) is 0 Å². The minimum absolute atomic E-state index is 0.0380. The third-order valence-corrected chi connectivity index (χ3v) is 2.92. The second-order valence-electron chi connectivity index (χ2n) is 4.08. The molecule has 2 rings (SSSR count). The van der Waals surface area contributed by atoms with Gasteiger partial charge in [0, 0.05) is 18.5 Å². The summed E-state index contributed by atoms with van der Waals surface area (Å²) >= 11 is 6.04. The number of carbonyl (C=O) groups is 1. The van der Waals surface area contributed by atoms with E-state index in [-0.39, 0.29) is 5.91 Å². The van der Waals surface area contributed by atoms with Crippen LogP contribution in [0.1, 0.15) is 12.5 Å². The molecule has 0 aliphatic carbocycles. The van der Waals surface area contributed by atoms with Gasteiger partial charge in [-0.25, -0.2) is 0 Å². The first-order chi connectivity index (χ1) is 8.66. The van der Waals surface area contributed by atoms with E-state index >= 15 is 0 Å². The van der Waals surface area contributed by atoms with E-state index in [1.54, 1.807) is 0 Å². The zero-order chi connectivity index (χ0) is 13.0. The van der Waals surface area contributed by atoms with E-state index in [1.807, 2.05) is 48.5 Å². The van der Waals surface area contributed by atoms with Crippen LogP contribution in [0.3, 0.4) is 0 Å². The van der Waals surface area contributed by atoms with Crippen molar-refractivity contribution in [2.24, 2.45) is 0 Å². The van der Waals surface area contributed by atoms with Crippen molar-refractivity contribution in [3.8, 4) is 11.1 Å². The summed E-state index contributed by atoms with van der Waals surface area (Å²) < 4.78 is 0. The maximum atomic E-state index is 11.0. The molecule has 3 heteroatoms. The second kappa shape index (κ2) is 5.69. The SMILES string of the molecule is CC(=O)NCc1ccc(Cl)cc1-c1ccccc1. The topological polar surface area (TPSA) is 29.1 Å². The fourth-order valence-electron chi connectivity index (χ4n) is 1.81. The molecule has 1 N–H and O–H groups in total. The summed E-state index contributed by atoms with van der Waals surface area (Å²) in [7, 11) is 0. The first-order valence-electron chi connectivity index (χ1n) is 5.75. The van der Waals surface area contributed by atoms with Gasteiger partial charge in [-0.05, 0) is 28.8 Å². The quantitative estimate of drug-likeness (QED) is 0.896. The summed E-state index contributed by atoms with van der Waals surface area (Å²) in [5.74, 6) is -0.0380. The van der Waals surface area contributed by atoms with Crippen molar-refractivity contribution in [1.82, 2.24) is 5.32 Å². The molecule has 0 aliphatic rings. The standard InChI is InChI=1S/C15H14ClNO/c1-11(18)17-10-13-7-8-14(16)9-15(13)12-5-3-2-4-6-12/h2-9H,10H2,1H3,(H,17,18). The molecule has 18 heavy (non-hydrogen) atoms. The molecule has 0 atom stereocenters. The number of amides is 1. The minimum atomic E-state index is -0.0380. The lowest BCUT2D eigenvalue weighted by Gasteiger charge is -2.10. The average Bonchev–Trinajstić information content (AvgIpc) is 2.38. The van der Waals surface area contributed by atoms with Crippen LogP contribution in [0.15, 0.2) is 48.5 Å². The molecule has 2 nitrogen and oxygen atoms in total. The van der Waals surface area contributed by atoms with Crippen LogP contribution < -0.4 is 5.32 Å². The van der Waals surface area contributed by atoms with Crippen molar-refractivity contribution >= 4 is 17.5 Å². The number of hydrogen-bond acceptors (Lipinski definition) is 1. The van der Waals surface area contributed by atoms with Crippen molar-refractivity contribution in [2.45, 2.75) is 13.5 Å². The predicted octanol–water partition coefficient (Wildman–Crippen LogP) is 3.64. The number of carbonyl (C=O) groups excluding carboxylic acids is 1. The Morgan fingerprint density at radius 2 is 1.89 bits per heavy atom. The van der Waals surface area contributed by atoms with E-state index < -0.39 is 0 Å². The van der Waals surface area contributed by atoms with Gasteiger partial charge in [-0.1, -0.05) is 48.0 Å². The summed E-state index contributed by atoms with van der Waals surface area (Å²) in [4.78, 5) is 11.0. The van der Waals surface area contributed by atoms with E-state index in [2.05, 4.69) is 5.32 Å². The molecule has 0 aromatic heterocycles. The van der Waals surface area contributed by atoms with Gasteiger partial charge in [-0.15, -0.1) is 0 Å². The van der Waals surface area contributed by atoms with E-state index in [0.717, 1.165) is 16.7 Å². The zero-order valence-electron chi connectivity index (χ0n) is 10.1. The number of nitrogens with one attached hydrogen (secondary N) is 1. The first-order valence-corrected chi connectivity index (χ1v) is 6.13. The van der Waals surface area contributed by atoms with Crippen LogP contribution in [-0.2, 0) is 11.3 Å². The Bertz CT molecular complexity index is 552. The summed E-state index contributed by atoms with van der Waals surface area (Å²) in [6.07, 6.45) is 0. The van der Waals surface area contributed by atoms with Crippen LogP contribution in [0.25, 0.3) is 11.1 Å². The van der Waals surface area contributed by atoms with Gasteiger partial charge in [0.1, 0.15) is 0 Å². The van der Waals surface area contributed by atoms with E-state index in [0.29, 0.717) is 11.6 Å². The highest BCUT2D eigenvalue weighted by molar-refractivity contribution is 6.30. The van der Waals surface area contributed by atoms with Gasteiger partial charge in [0.15, 0.2) is 0 Å². The largest absolute Gasteiger partial charge is 0.352 e. The molecule has 2 aromatic carbocycles. The Balaban J connectivity index is 2.38. The number of halogens is 1. The number of rotatable bonds is 3. The molecule has 0 unspecified atom stereocenters. The third kappa shape index (κ3) is 3.11. The molecular formula is C15H14ClNO. The Morgan fingerprint density at radius 3 is 2.56 bits per heavy atom. The van der Waals surface area contributed by atoms with Crippen molar-refractivity contribution in [3.05, 3.63) is 59.1 Å².